The highest BCUT2D eigenvalue weighted by molar-refractivity contribution is 7.89. The van der Waals surface area contributed by atoms with Gasteiger partial charge in [-0.2, -0.15) is 0 Å². The van der Waals surface area contributed by atoms with Gasteiger partial charge in [0.1, 0.15) is 0 Å². The van der Waals surface area contributed by atoms with Crippen LogP contribution in [0.15, 0.2) is 29.2 Å². The van der Waals surface area contributed by atoms with Crippen LogP contribution in [-0.2, 0) is 14.9 Å². The van der Waals surface area contributed by atoms with Crippen LogP contribution in [-0.4, -0.2) is 37.1 Å². The van der Waals surface area contributed by atoms with Gasteiger partial charge in [0.15, 0.2) is 0 Å². The van der Waals surface area contributed by atoms with E-state index in [1.165, 1.54) is 18.2 Å². The number of carbonyl (C=O) groups is 1. The van der Waals surface area contributed by atoms with Crippen molar-refractivity contribution in [2.45, 2.75) is 11.3 Å². The fourth-order valence-electron chi connectivity index (χ4n) is 1.52. The third-order valence-corrected chi connectivity index (χ3v) is 4.04. The van der Waals surface area contributed by atoms with Crippen molar-refractivity contribution < 1.29 is 23.2 Å². The molecule has 0 radical (unpaired) electrons. The Balaban J connectivity index is 2.39. The molecule has 0 aromatic heterocycles. The number of hydrogen-bond donors (Lipinski definition) is 1. The van der Waals surface area contributed by atoms with Gasteiger partial charge in [0.05, 0.1) is 17.1 Å². The zero-order valence-corrected chi connectivity index (χ0v) is 9.68. The summed E-state index contributed by atoms with van der Waals surface area (Å²) in [5, 5.41) is 8.80. The molecule has 1 aliphatic heterocycles. The summed E-state index contributed by atoms with van der Waals surface area (Å²) in [5.41, 5.74) is -0.0646. The van der Waals surface area contributed by atoms with Gasteiger partial charge in [-0.1, -0.05) is 10.5 Å². The summed E-state index contributed by atoms with van der Waals surface area (Å²) in [4.78, 5) is 15.7. The molecular weight excluding hydrogens is 246 g/mol. The first-order valence-electron chi connectivity index (χ1n) is 5.01. The Morgan fingerprint density at radius 2 is 2.18 bits per heavy atom. The van der Waals surface area contributed by atoms with Gasteiger partial charge in [-0.15, -0.1) is 0 Å². The van der Waals surface area contributed by atoms with E-state index in [4.69, 9.17) is 9.94 Å². The average Bonchev–Trinajstić information content (AvgIpc) is 2.83. The number of carboxylic acid groups (broad SMARTS) is 1. The van der Waals surface area contributed by atoms with Crippen LogP contribution in [0.5, 0.6) is 0 Å². The fourth-order valence-corrected chi connectivity index (χ4v) is 2.87. The van der Waals surface area contributed by atoms with Gasteiger partial charge in [-0.05, 0) is 24.6 Å². The molecule has 1 aromatic rings. The number of sulfonamides is 1. The molecule has 6 nitrogen and oxygen atoms in total. The van der Waals surface area contributed by atoms with Crippen LogP contribution in [0.2, 0.25) is 0 Å². The minimum absolute atomic E-state index is 0.0646. The Morgan fingerprint density at radius 3 is 2.76 bits per heavy atom. The number of aromatic carboxylic acids is 1. The first-order chi connectivity index (χ1) is 8.01. The molecule has 0 amide bonds. The van der Waals surface area contributed by atoms with Gasteiger partial charge < -0.3 is 5.11 Å². The third-order valence-electron chi connectivity index (χ3n) is 2.37. The van der Waals surface area contributed by atoms with E-state index in [1.54, 1.807) is 0 Å². The predicted octanol–water partition coefficient (Wildman–Crippen LogP) is 0.711. The molecule has 0 saturated carbocycles. The summed E-state index contributed by atoms with van der Waals surface area (Å²) in [6, 6.07) is 5.21. The number of nitrogens with zero attached hydrogens (tertiary/aromatic N) is 1. The Hall–Kier alpha value is -1.44. The van der Waals surface area contributed by atoms with E-state index >= 15 is 0 Å². The molecule has 1 fully saturated rings. The lowest BCUT2D eigenvalue weighted by atomic mass is 10.2. The normalized spacial score (nSPS) is 17.2. The average molecular weight is 257 g/mol. The van der Waals surface area contributed by atoms with Crippen LogP contribution in [0.4, 0.5) is 0 Å². The lowest BCUT2D eigenvalue weighted by Gasteiger charge is -2.14. The number of carboxylic acids is 1. The predicted molar refractivity (Wildman–Crippen MR) is 57.9 cm³/mol. The van der Waals surface area contributed by atoms with Crippen molar-refractivity contribution in [2.24, 2.45) is 0 Å². The molecule has 92 valence electrons. The molecule has 17 heavy (non-hydrogen) atoms. The Morgan fingerprint density at radius 1 is 1.41 bits per heavy atom. The second kappa shape index (κ2) is 4.44. The minimum Gasteiger partial charge on any atom is -0.478 e. The molecular formula is C10H11NO5S. The SMILES string of the molecule is O=C(O)c1cccc(S(=O)(=O)N2CCCO2)c1. The molecule has 1 heterocycles. The highest BCUT2D eigenvalue weighted by atomic mass is 32.2. The highest BCUT2D eigenvalue weighted by Crippen LogP contribution is 2.20. The quantitative estimate of drug-likeness (QED) is 0.862. The van der Waals surface area contributed by atoms with Crippen molar-refractivity contribution in [2.75, 3.05) is 13.2 Å². The molecule has 1 saturated heterocycles. The maximum Gasteiger partial charge on any atom is 0.335 e. The molecule has 0 unspecified atom stereocenters. The van der Waals surface area contributed by atoms with Gasteiger partial charge >= 0.3 is 5.97 Å². The summed E-state index contributed by atoms with van der Waals surface area (Å²) < 4.78 is 24.9. The Kier molecular flexibility index (Phi) is 3.14. The summed E-state index contributed by atoms with van der Waals surface area (Å²) in [7, 11) is -3.75. The smallest absolute Gasteiger partial charge is 0.335 e. The van der Waals surface area contributed by atoms with Crippen molar-refractivity contribution >= 4 is 16.0 Å². The summed E-state index contributed by atoms with van der Waals surface area (Å²) in [6.45, 7) is 0.650. The van der Waals surface area contributed by atoms with Crippen LogP contribution in [0.3, 0.4) is 0 Å². The zero-order chi connectivity index (χ0) is 12.5. The maximum atomic E-state index is 12.0. The first kappa shape index (κ1) is 12.0. The zero-order valence-electron chi connectivity index (χ0n) is 8.87. The number of rotatable bonds is 3. The van der Waals surface area contributed by atoms with Gasteiger partial charge in [-0.3, -0.25) is 4.84 Å². The molecule has 1 aliphatic rings. The second-order valence-corrected chi connectivity index (χ2v) is 5.38. The van der Waals surface area contributed by atoms with Crippen molar-refractivity contribution in [1.29, 1.82) is 0 Å². The van der Waals surface area contributed by atoms with Gasteiger partial charge in [0.2, 0.25) is 0 Å². The van der Waals surface area contributed by atoms with E-state index in [0.717, 1.165) is 10.5 Å². The van der Waals surface area contributed by atoms with E-state index < -0.39 is 16.0 Å². The fraction of sp³-hybridized carbons (Fsp3) is 0.300. The largest absolute Gasteiger partial charge is 0.478 e. The van der Waals surface area contributed by atoms with Crippen molar-refractivity contribution in [3.8, 4) is 0 Å². The lowest BCUT2D eigenvalue weighted by Crippen LogP contribution is -2.26. The summed E-state index contributed by atoms with van der Waals surface area (Å²) >= 11 is 0. The van der Waals surface area contributed by atoms with Crippen LogP contribution < -0.4 is 0 Å². The summed E-state index contributed by atoms with van der Waals surface area (Å²) in [5.74, 6) is -1.16. The standard InChI is InChI=1S/C10H11NO5S/c12-10(13)8-3-1-4-9(7-8)17(14,15)11-5-2-6-16-11/h1,3-4,7H,2,5-6H2,(H,12,13). The Bertz CT molecular complexity index is 533. The van der Waals surface area contributed by atoms with E-state index in [1.807, 2.05) is 0 Å². The van der Waals surface area contributed by atoms with Crippen LogP contribution in [0, 0.1) is 0 Å². The summed E-state index contributed by atoms with van der Waals surface area (Å²) in [6.07, 6.45) is 0.637. The molecule has 2 rings (SSSR count). The van der Waals surface area contributed by atoms with E-state index in [2.05, 4.69) is 0 Å². The van der Waals surface area contributed by atoms with Crippen LogP contribution >= 0.6 is 0 Å². The lowest BCUT2D eigenvalue weighted by molar-refractivity contribution is -0.0284. The molecule has 0 bridgehead atoms. The van der Waals surface area contributed by atoms with E-state index in [0.29, 0.717) is 19.6 Å². The van der Waals surface area contributed by atoms with E-state index in [9.17, 15) is 13.2 Å². The van der Waals surface area contributed by atoms with Gasteiger partial charge in [0, 0.05) is 6.54 Å². The molecule has 1 N–H and O–H groups in total. The number of hydroxylamine groups is 1. The first-order valence-corrected chi connectivity index (χ1v) is 6.45. The molecule has 0 atom stereocenters. The molecule has 0 spiro atoms. The van der Waals surface area contributed by atoms with Gasteiger partial charge in [0.25, 0.3) is 10.0 Å². The Labute approximate surface area is 98.4 Å². The number of hydrogen-bond acceptors (Lipinski definition) is 4. The second-order valence-electron chi connectivity index (χ2n) is 3.55. The highest BCUT2D eigenvalue weighted by Gasteiger charge is 2.29. The van der Waals surface area contributed by atoms with Crippen LogP contribution in [0.25, 0.3) is 0 Å². The molecule has 0 aliphatic carbocycles. The number of benzene rings is 1. The molecule has 7 heteroatoms. The van der Waals surface area contributed by atoms with Gasteiger partial charge in [-0.25, -0.2) is 13.2 Å². The van der Waals surface area contributed by atoms with Crippen molar-refractivity contribution in [3.05, 3.63) is 29.8 Å². The topological polar surface area (TPSA) is 83.9 Å². The maximum absolute atomic E-state index is 12.0. The molecule has 1 aromatic carbocycles. The van der Waals surface area contributed by atoms with E-state index in [-0.39, 0.29) is 10.5 Å². The third kappa shape index (κ3) is 2.31. The monoisotopic (exact) mass is 257 g/mol. The minimum atomic E-state index is -3.75. The van der Waals surface area contributed by atoms with Crippen molar-refractivity contribution in [1.82, 2.24) is 4.47 Å². The van der Waals surface area contributed by atoms with Crippen LogP contribution in [0.1, 0.15) is 16.8 Å². The van der Waals surface area contributed by atoms with Crippen molar-refractivity contribution in [3.63, 3.8) is 0 Å².